The van der Waals surface area contributed by atoms with Crippen LogP contribution in [0.4, 0.5) is 0 Å². The van der Waals surface area contributed by atoms with Gasteiger partial charge in [-0.05, 0) is 46.8 Å². The van der Waals surface area contributed by atoms with Gasteiger partial charge in [-0.15, -0.1) is 0 Å². The maximum absolute atomic E-state index is 4.78. The molecule has 0 aliphatic carbocycles. The summed E-state index contributed by atoms with van der Waals surface area (Å²) >= 11 is 1.89. The van der Waals surface area contributed by atoms with E-state index < -0.39 is 0 Å². The zero-order valence-electron chi connectivity index (χ0n) is 11.9. The van der Waals surface area contributed by atoms with Crippen molar-refractivity contribution in [3.63, 3.8) is 0 Å². The molecule has 1 unspecified atom stereocenters. The minimum Gasteiger partial charge on any atom is -0.359 e. The summed E-state index contributed by atoms with van der Waals surface area (Å²) in [6.07, 6.45) is 3.49. The van der Waals surface area contributed by atoms with Gasteiger partial charge in [-0.2, -0.15) is 0 Å². The average Bonchev–Trinajstić information content (AvgIpc) is 2.70. The third-order valence-electron chi connectivity index (χ3n) is 3.54. The van der Waals surface area contributed by atoms with Crippen molar-refractivity contribution in [3.8, 4) is 0 Å². The lowest BCUT2D eigenvalue weighted by Crippen LogP contribution is -2.42. The van der Waals surface area contributed by atoms with Gasteiger partial charge >= 0.3 is 0 Å². The maximum Gasteiger partial charge on any atom is 0.157 e. The molecule has 0 saturated carbocycles. The van der Waals surface area contributed by atoms with Crippen LogP contribution in [0.5, 0.6) is 0 Å². The van der Waals surface area contributed by atoms with Gasteiger partial charge in [-0.3, -0.25) is 4.99 Å². The average molecular weight is 257 g/mol. The molecule has 100 valence electrons. The molecule has 0 aromatic heterocycles. The van der Waals surface area contributed by atoms with Gasteiger partial charge in [0.25, 0.3) is 0 Å². The lowest BCUT2D eigenvalue weighted by atomic mass is 9.96. The molecule has 0 aromatic rings. The highest BCUT2D eigenvalue weighted by molar-refractivity contribution is 8.14. The third-order valence-corrected chi connectivity index (χ3v) is 4.72. The highest BCUT2D eigenvalue weighted by Crippen LogP contribution is 2.29. The Bertz CT molecular complexity index is 259. The highest BCUT2D eigenvalue weighted by Gasteiger charge is 2.33. The van der Waals surface area contributed by atoms with Crippen molar-refractivity contribution in [2.24, 2.45) is 4.99 Å². The van der Waals surface area contributed by atoms with E-state index in [4.69, 9.17) is 4.99 Å². The number of nitrogens with zero attached hydrogens (tertiary/aromatic N) is 2. The first-order valence-electron chi connectivity index (χ1n) is 6.65. The number of hydrogen-bond acceptors (Lipinski definition) is 3. The number of nitrogens with one attached hydrogen (secondary N) is 1. The number of thioether (sulfide) groups is 1. The van der Waals surface area contributed by atoms with Gasteiger partial charge in [0.15, 0.2) is 5.17 Å². The standard InChI is InChI=1S/C13H27N3S/c1-6-13(7-2)10-17-12(15-13)14-11(3)8-9-16(4)5/h11H,6-10H2,1-5H3,(H,14,15). The van der Waals surface area contributed by atoms with E-state index in [1.807, 2.05) is 11.8 Å². The number of rotatable bonds is 6. The van der Waals surface area contributed by atoms with Gasteiger partial charge in [-0.1, -0.05) is 25.6 Å². The summed E-state index contributed by atoms with van der Waals surface area (Å²) in [7, 11) is 4.23. The SMILES string of the molecule is CCC1(CC)CSC(=NC(C)CCN(C)C)N1. The first-order valence-corrected chi connectivity index (χ1v) is 7.63. The molecule has 1 heterocycles. The minimum absolute atomic E-state index is 0.296. The molecule has 1 aliphatic rings. The van der Waals surface area contributed by atoms with Crippen LogP contribution < -0.4 is 5.32 Å². The molecule has 0 amide bonds. The van der Waals surface area contributed by atoms with Gasteiger partial charge in [0, 0.05) is 11.3 Å². The molecule has 0 aromatic carbocycles. The van der Waals surface area contributed by atoms with E-state index in [1.165, 1.54) is 18.6 Å². The molecule has 1 N–H and O–H groups in total. The van der Waals surface area contributed by atoms with Crippen molar-refractivity contribution in [2.75, 3.05) is 26.4 Å². The fourth-order valence-corrected chi connectivity index (χ4v) is 3.35. The molecular formula is C13H27N3S. The topological polar surface area (TPSA) is 27.6 Å². The second-order valence-corrected chi connectivity index (χ2v) is 6.24. The first-order chi connectivity index (χ1) is 8.01. The van der Waals surface area contributed by atoms with Gasteiger partial charge in [0.05, 0.1) is 6.04 Å². The fourth-order valence-electron chi connectivity index (χ4n) is 1.92. The summed E-state index contributed by atoms with van der Waals surface area (Å²) in [5.74, 6) is 1.17. The zero-order valence-corrected chi connectivity index (χ0v) is 12.7. The Kier molecular flexibility index (Phi) is 5.80. The normalized spacial score (nSPS) is 23.1. The van der Waals surface area contributed by atoms with Crippen LogP contribution in [0.3, 0.4) is 0 Å². The van der Waals surface area contributed by atoms with Crippen molar-refractivity contribution in [3.05, 3.63) is 0 Å². The Labute approximate surface area is 110 Å². The molecule has 1 rings (SSSR count). The van der Waals surface area contributed by atoms with Crippen LogP contribution in [0.15, 0.2) is 4.99 Å². The molecule has 0 bridgehead atoms. The predicted molar refractivity (Wildman–Crippen MR) is 79.0 cm³/mol. The minimum atomic E-state index is 0.296. The summed E-state index contributed by atoms with van der Waals surface area (Å²) in [5, 5.41) is 4.77. The number of aliphatic imine (C=N–C) groups is 1. The van der Waals surface area contributed by atoms with E-state index in [0.29, 0.717) is 11.6 Å². The Hall–Kier alpha value is -0.220. The Morgan fingerprint density at radius 2 is 2.06 bits per heavy atom. The first kappa shape index (κ1) is 14.8. The summed E-state index contributed by atoms with van der Waals surface area (Å²) in [5.41, 5.74) is 0.296. The van der Waals surface area contributed by atoms with Gasteiger partial charge in [0.2, 0.25) is 0 Å². The highest BCUT2D eigenvalue weighted by atomic mass is 32.2. The fraction of sp³-hybridized carbons (Fsp3) is 0.923. The maximum atomic E-state index is 4.78. The van der Waals surface area contributed by atoms with Crippen molar-refractivity contribution in [1.82, 2.24) is 10.2 Å². The van der Waals surface area contributed by atoms with Gasteiger partial charge in [0.1, 0.15) is 0 Å². The monoisotopic (exact) mass is 257 g/mol. The van der Waals surface area contributed by atoms with Gasteiger partial charge < -0.3 is 10.2 Å². The lowest BCUT2D eigenvalue weighted by Gasteiger charge is -2.25. The smallest absolute Gasteiger partial charge is 0.157 e. The van der Waals surface area contributed by atoms with Crippen LogP contribution in [0.25, 0.3) is 0 Å². The van der Waals surface area contributed by atoms with Crippen molar-refractivity contribution >= 4 is 16.9 Å². The number of hydrogen-bond donors (Lipinski definition) is 1. The predicted octanol–water partition coefficient (Wildman–Crippen LogP) is 2.58. The van der Waals surface area contributed by atoms with E-state index in [0.717, 1.165) is 18.1 Å². The molecule has 1 aliphatic heterocycles. The third kappa shape index (κ3) is 4.51. The molecule has 1 saturated heterocycles. The summed E-state index contributed by atoms with van der Waals surface area (Å²) < 4.78 is 0. The lowest BCUT2D eigenvalue weighted by molar-refractivity contribution is 0.384. The van der Waals surface area contributed by atoms with Crippen molar-refractivity contribution in [2.45, 2.75) is 51.6 Å². The molecule has 1 atom stereocenters. The van der Waals surface area contributed by atoms with Crippen LogP contribution in [0.1, 0.15) is 40.0 Å². The van der Waals surface area contributed by atoms with Crippen LogP contribution in [0, 0.1) is 0 Å². The van der Waals surface area contributed by atoms with Crippen LogP contribution in [-0.2, 0) is 0 Å². The molecule has 17 heavy (non-hydrogen) atoms. The van der Waals surface area contributed by atoms with Gasteiger partial charge in [-0.25, -0.2) is 0 Å². The molecule has 4 heteroatoms. The van der Waals surface area contributed by atoms with Crippen LogP contribution in [0.2, 0.25) is 0 Å². The second kappa shape index (κ2) is 6.64. The van der Waals surface area contributed by atoms with E-state index in [1.54, 1.807) is 0 Å². The van der Waals surface area contributed by atoms with E-state index in [9.17, 15) is 0 Å². The molecule has 1 fully saturated rings. The number of amidine groups is 1. The van der Waals surface area contributed by atoms with E-state index >= 15 is 0 Å². The van der Waals surface area contributed by atoms with Crippen molar-refractivity contribution < 1.29 is 0 Å². The summed E-state index contributed by atoms with van der Waals surface area (Å²) in [6, 6.07) is 0.414. The summed E-state index contributed by atoms with van der Waals surface area (Å²) in [4.78, 5) is 7.00. The molecular weight excluding hydrogens is 230 g/mol. The Balaban J connectivity index is 2.46. The Morgan fingerprint density at radius 3 is 2.53 bits per heavy atom. The molecule has 3 nitrogen and oxygen atoms in total. The zero-order chi connectivity index (χ0) is 12.9. The van der Waals surface area contributed by atoms with Crippen LogP contribution in [-0.4, -0.2) is 48.0 Å². The van der Waals surface area contributed by atoms with Crippen LogP contribution >= 0.6 is 11.8 Å². The largest absolute Gasteiger partial charge is 0.359 e. The Morgan fingerprint density at radius 1 is 1.41 bits per heavy atom. The summed E-state index contributed by atoms with van der Waals surface area (Å²) in [6.45, 7) is 7.83. The quantitative estimate of drug-likeness (QED) is 0.792. The van der Waals surface area contributed by atoms with E-state index in [-0.39, 0.29) is 0 Å². The van der Waals surface area contributed by atoms with E-state index in [2.05, 4.69) is 45.1 Å². The van der Waals surface area contributed by atoms with Crippen molar-refractivity contribution in [1.29, 1.82) is 0 Å². The molecule has 0 radical (unpaired) electrons. The molecule has 0 spiro atoms. The second-order valence-electron chi connectivity index (χ2n) is 5.28.